The van der Waals surface area contributed by atoms with Crippen molar-refractivity contribution in [3.63, 3.8) is 0 Å². The van der Waals surface area contributed by atoms with Crippen LogP contribution in [0.15, 0.2) is 24.3 Å². The number of nitrogens with zero attached hydrogens (tertiary/aromatic N) is 1. The fourth-order valence-corrected chi connectivity index (χ4v) is 3.54. The van der Waals surface area contributed by atoms with Crippen LogP contribution in [-0.2, 0) is 23.8 Å². The average molecular weight is 294 g/mol. The molecule has 1 aliphatic rings. The van der Waals surface area contributed by atoms with Gasteiger partial charge in [0.15, 0.2) is 0 Å². The first kappa shape index (κ1) is 15.7. The molecule has 0 saturated carbocycles. The number of rotatable bonds is 6. The lowest BCUT2D eigenvalue weighted by molar-refractivity contribution is 0.291. The molecule has 1 aromatic rings. The molecule has 0 spiro atoms. The second-order valence-electron chi connectivity index (χ2n) is 5.80. The number of benzene rings is 1. The largest absolute Gasteiger partial charge is 0.314 e. The maximum Gasteiger partial charge on any atom is 0.0363 e. The van der Waals surface area contributed by atoms with Crippen molar-refractivity contribution < 1.29 is 4.21 Å². The van der Waals surface area contributed by atoms with E-state index >= 15 is 0 Å². The van der Waals surface area contributed by atoms with Crippen LogP contribution in [0, 0.1) is 0 Å². The SMILES string of the molecule is CC(C)NCCc1ccc(CN2CCS(=O)CC2)cc1. The Labute approximate surface area is 125 Å². The fraction of sp³-hybridized carbons (Fsp3) is 0.625. The topological polar surface area (TPSA) is 32.3 Å². The Morgan fingerprint density at radius 3 is 2.35 bits per heavy atom. The minimum absolute atomic E-state index is 0.555. The van der Waals surface area contributed by atoms with Crippen LogP contribution in [0.1, 0.15) is 25.0 Å². The Balaban J connectivity index is 1.77. The Kier molecular flexibility index (Phi) is 6.20. The zero-order valence-corrected chi connectivity index (χ0v) is 13.4. The molecular weight excluding hydrogens is 268 g/mol. The van der Waals surface area contributed by atoms with Crippen LogP contribution < -0.4 is 5.32 Å². The summed E-state index contributed by atoms with van der Waals surface area (Å²) >= 11 is 0. The van der Waals surface area contributed by atoms with Crippen LogP contribution >= 0.6 is 0 Å². The molecule has 0 amide bonds. The molecule has 0 unspecified atom stereocenters. The summed E-state index contributed by atoms with van der Waals surface area (Å²) in [5.41, 5.74) is 2.75. The van der Waals surface area contributed by atoms with Gasteiger partial charge in [0.1, 0.15) is 0 Å². The molecule has 3 nitrogen and oxygen atoms in total. The molecule has 2 rings (SSSR count). The van der Waals surface area contributed by atoms with E-state index in [0.717, 1.165) is 44.1 Å². The molecule has 1 aromatic carbocycles. The van der Waals surface area contributed by atoms with E-state index in [1.165, 1.54) is 11.1 Å². The van der Waals surface area contributed by atoms with E-state index in [2.05, 4.69) is 48.3 Å². The van der Waals surface area contributed by atoms with Gasteiger partial charge in [0.2, 0.25) is 0 Å². The summed E-state index contributed by atoms with van der Waals surface area (Å²) in [6.07, 6.45) is 1.08. The highest BCUT2D eigenvalue weighted by molar-refractivity contribution is 7.85. The summed E-state index contributed by atoms with van der Waals surface area (Å²) in [5.74, 6) is 1.66. The molecule has 0 radical (unpaired) electrons. The van der Waals surface area contributed by atoms with Crippen LogP contribution in [0.4, 0.5) is 0 Å². The van der Waals surface area contributed by atoms with Gasteiger partial charge in [-0.1, -0.05) is 38.1 Å². The molecule has 1 heterocycles. The highest BCUT2D eigenvalue weighted by Gasteiger charge is 2.14. The summed E-state index contributed by atoms with van der Waals surface area (Å²) in [4.78, 5) is 2.40. The highest BCUT2D eigenvalue weighted by atomic mass is 32.2. The van der Waals surface area contributed by atoms with Crippen LogP contribution in [0.25, 0.3) is 0 Å². The van der Waals surface area contributed by atoms with Crippen LogP contribution in [0.3, 0.4) is 0 Å². The van der Waals surface area contributed by atoms with E-state index in [1.54, 1.807) is 0 Å². The fourth-order valence-electron chi connectivity index (χ4n) is 2.41. The van der Waals surface area contributed by atoms with Gasteiger partial charge < -0.3 is 5.32 Å². The van der Waals surface area contributed by atoms with E-state index < -0.39 is 10.8 Å². The summed E-state index contributed by atoms with van der Waals surface area (Å²) in [5, 5.41) is 3.44. The first-order valence-corrected chi connectivity index (χ1v) is 9.01. The zero-order valence-electron chi connectivity index (χ0n) is 12.6. The molecule has 4 heteroatoms. The number of hydrogen-bond acceptors (Lipinski definition) is 3. The average Bonchev–Trinajstić information content (AvgIpc) is 2.43. The van der Waals surface area contributed by atoms with E-state index in [0.29, 0.717) is 6.04 Å². The summed E-state index contributed by atoms with van der Waals surface area (Å²) in [6.45, 7) is 8.31. The second-order valence-corrected chi connectivity index (χ2v) is 7.50. The van der Waals surface area contributed by atoms with Crippen molar-refractivity contribution in [2.75, 3.05) is 31.1 Å². The Bertz CT molecular complexity index is 421. The van der Waals surface area contributed by atoms with Gasteiger partial charge in [-0.3, -0.25) is 9.11 Å². The minimum Gasteiger partial charge on any atom is -0.314 e. The van der Waals surface area contributed by atoms with E-state index in [4.69, 9.17) is 0 Å². The Morgan fingerprint density at radius 2 is 1.75 bits per heavy atom. The Morgan fingerprint density at radius 1 is 1.15 bits per heavy atom. The third-order valence-electron chi connectivity index (χ3n) is 3.67. The van der Waals surface area contributed by atoms with Gasteiger partial charge in [0, 0.05) is 48.0 Å². The quantitative estimate of drug-likeness (QED) is 0.868. The molecule has 1 aliphatic heterocycles. The molecular formula is C16H26N2OS. The predicted octanol–water partition coefficient (Wildman–Crippen LogP) is 1.79. The maximum absolute atomic E-state index is 11.3. The molecule has 0 bridgehead atoms. The van der Waals surface area contributed by atoms with Crippen molar-refractivity contribution in [1.82, 2.24) is 10.2 Å². The van der Waals surface area contributed by atoms with Gasteiger partial charge in [-0.2, -0.15) is 0 Å². The lowest BCUT2D eigenvalue weighted by Gasteiger charge is -2.26. The van der Waals surface area contributed by atoms with Crippen molar-refractivity contribution in [3.05, 3.63) is 35.4 Å². The normalized spacial score (nSPS) is 17.8. The number of hydrogen-bond donors (Lipinski definition) is 1. The molecule has 1 saturated heterocycles. The predicted molar refractivity (Wildman–Crippen MR) is 86.4 cm³/mol. The molecule has 20 heavy (non-hydrogen) atoms. The van der Waals surface area contributed by atoms with Gasteiger partial charge in [-0.05, 0) is 24.1 Å². The van der Waals surface area contributed by atoms with Gasteiger partial charge >= 0.3 is 0 Å². The van der Waals surface area contributed by atoms with Crippen molar-refractivity contribution in [2.24, 2.45) is 0 Å². The second kappa shape index (κ2) is 7.91. The lowest BCUT2D eigenvalue weighted by Crippen LogP contribution is -2.37. The van der Waals surface area contributed by atoms with Gasteiger partial charge in [-0.15, -0.1) is 0 Å². The molecule has 0 atom stereocenters. The van der Waals surface area contributed by atoms with Crippen LogP contribution in [-0.4, -0.2) is 46.3 Å². The van der Waals surface area contributed by atoms with Crippen molar-refractivity contribution in [1.29, 1.82) is 0 Å². The van der Waals surface area contributed by atoms with Gasteiger partial charge in [-0.25, -0.2) is 0 Å². The first-order chi connectivity index (χ1) is 9.63. The first-order valence-electron chi connectivity index (χ1n) is 7.52. The third-order valence-corrected chi connectivity index (χ3v) is 4.94. The smallest absolute Gasteiger partial charge is 0.0363 e. The van der Waals surface area contributed by atoms with Gasteiger partial charge in [0.05, 0.1) is 0 Å². The molecule has 1 fully saturated rings. The Hall–Kier alpha value is -0.710. The summed E-state index contributed by atoms with van der Waals surface area (Å²) in [7, 11) is -0.579. The van der Waals surface area contributed by atoms with E-state index in [-0.39, 0.29) is 0 Å². The summed E-state index contributed by atoms with van der Waals surface area (Å²) < 4.78 is 11.3. The van der Waals surface area contributed by atoms with E-state index in [1.807, 2.05) is 0 Å². The van der Waals surface area contributed by atoms with Crippen LogP contribution in [0.2, 0.25) is 0 Å². The molecule has 1 N–H and O–H groups in total. The van der Waals surface area contributed by atoms with E-state index in [9.17, 15) is 4.21 Å². The summed E-state index contributed by atoms with van der Waals surface area (Å²) in [6, 6.07) is 9.49. The molecule has 0 aromatic heterocycles. The van der Waals surface area contributed by atoms with Crippen molar-refractivity contribution in [2.45, 2.75) is 32.9 Å². The maximum atomic E-state index is 11.3. The van der Waals surface area contributed by atoms with Crippen molar-refractivity contribution in [3.8, 4) is 0 Å². The lowest BCUT2D eigenvalue weighted by atomic mass is 10.1. The van der Waals surface area contributed by atoms with Crippen LogP contribution in [0.5, 0.6) is 0 Å². The molecule has 0 aliphatic carbocycles. The monoisotopic (exact) mass is 294 g/mol. The van der Waals surface area contributed by atoms with Crippen molar-refractivity contribution >= 4 is 10.8 Å². The zero-order chi connectivity index (χ0) is 14.4. The minimum atomic E-state index is -0.579. The third kappa shape index (κ3) is 5.35. The highest BCUT2D eigenvalue weighted by Crippen LogP contribution is 2.10. The number of nitrogens with one attached hydrogen (secondary N) is 1. The molecule has 112 valence electrons. The van der Waals surface area contributed by atoms with Gasteiger partial charge in [0.25, 0.3) is 0 Å². The standard InChI is InChI=1S/C16H26N2OS/c1-14(2)17-8-7-15-3-5-16(6-4-15)13-18-9-11-20(19)12-10-18/h3-6,14,17H,7-13H2,1-2H3.